The van der Waals surface area contributed by atoms with Crippen LogP contribution in [0, 0.1) is 18.2 Å². The van der Waals surface area contributed by atoms with Crippen molar-refractivity contribution in [2.75, 3.05) is 18.0 Å². The molecule has 0 aliphatic carbocycles. The maximum Gasteiger partial charge on any atom is 0.310 e. The standard InChI is InChI=1S/C34H41FN2O4/c1-21(2)40-31(39)19-27-22(3)36-28(20-38)32(33(27)37-16-14-34(4,5)15-17-37)25-9-13-30-24(18-25)8-12-29(41-30)23-6-10-26(35)11-7-23/h6-7,9-11,13,18,21,29,38H,8,12,14-17,19-20H2,1-5H3. The molecule has 218 valence electrons. The van der Waals surface area contributed by atoms with Crippen LogP contribution in [0.15, 0.2) is 42.5 Å². The predicted molar refractivity (Wildman–Crippen MR) is 159 cm³/mol. The van der Waals surface area contributed by atoms with Gasteiger partial charge in [-0.25, -0.2) is 4.39 Å². The molecule has 1 aromatic heterocycles. The SMILES string of the molecule is Cc1nc(CO)c(-c2ccc3c(c2)CCC(c2ccc(F)cc2)O3)c(N2CCC(C)(C)CC2)c1CC(=O)OC(C)C. The summed E-state index contributed by atoms with van der Waals surface area (Å²) in [6, 6.07) is 12.6. The van der Waals surface area contributed by atoms with Crippen LogP contribution in [0.2, 0.25) is 0 Å². The third-order valence-corrected chi connectivity index (χ3v) is 8.36. The first-order valence-electron chi connectivity index (χ1n) is 14.7. The number of nitrogens with zero attached hydrogens (tertiary/aromatic N) is 2. The van der Waals surface area contributed by atoms with Gasteiger partial charge in [-0.2, -0.15) is 0 Å². The number of aromatic nitrogens is 1. The molecular weight excluding hydrogens is 519 g/mol. The normalized spacial score (nSPS) is 18.1. The number of anilines is 1. The van der Waals surface area contributed by atoms with Gasteiger partial charge in [0, 0.05) is 29.9 Å². The molecule has 6 nitrogen and oxygen atoms in total. The van der Waals surface area contributed by atoms with Crippen molar-refractivity contribution in [1.29, 1.82) is 0 Å². The summed E-state index contributed by atoms with van der Waals surface area (Å²) in [7, 11) is 0. The Morgan fingerprint density at radius 2 is 1.88 bits per heavy atom. The summed E-state index contributed by atoms with van der Waals surface area (Å²) >= 11 is 0. The van der Waals surface area contributed by atoms with Crippen LogP contribution in [0.1, 0.15) is 81.1 Å². The Morgan fingerprint density at radius 1 is 1.17 bits per heavy atom. The van der Waals surface area contributed by atoms with E-state index in [1.54, 1.807) is 12.1 Å². The highest BCUT2D eigenvalue weighted by Crippen LogP contribution is 2.44. The van der Waals surface area contributed by atoms with Crippen LogP contribution in [-0.2, 0) is 29.0 Å². The van der Waals surface area contributed by atoms with Crippen LogP contribution in [-0.4, -0.2) is 35.3 Å². The van der Waals surface area contributed by atoms with Crippen molar-refractivity contribution in [2.45, 2.75) is 85.5 Å². The van der Waals surface area contributed by atoms with Crippen LogP contribution >= 0.6 is 0 Å². The zero-order valence-electron chi connectivity index (χ0n) is 24.8. The minimum Gasteiger partial charge on any atom is -0.485 e. The van der Waals surface area contributed by atoms with Crippen molar-refractivity contribution >= 4 is 11.7 Å². The van der Waals surface area contributed by atoms with E-state index in [0.717, 1.165) is 83.7 Å². The fraction of sp³-hybridized carbons (Fsp3) is 0.471. The van der Waals surface area contributed by atoms with E-state index < -0.39 is 0 Å². The molecule has 1 saturated heterocycles. The van der Waals surface area contributed by atoms with Crippen LogP contribution in [0.5, 0.6) is 5.75 Å². The van der Waals surface area contributed by atoms with Crippen molar-refractivity contribution < 1.29 is 23.8 Å². The van der Waals surface area contributed by atoms with Crippen LogP contribution in [0.3, 0.4) is 0 Å². The third-order valence-electron chi connectivity index (χ3n) is 8.36. The van der Waals surface area contributed by atoms with E-state index in [2.05, 4.69) is 24.8 Å². The number of carbonyl (C=O) groups is 1. The fourth-order valence-corrected chi connectivity index (χ4v) is 6.00. The number of aliphatic hydroxyl groups is 1. The maximum atomic E-state index is 13.5. The minimum atomic E-state index is -0.281. The van der Waals surface area contributed by atoms with Gasteiger partial charge < -0.3 is 19.5 Å². The van der Waals surface area contributed by atoms with Crippen molar-refractivity contribution in [3.05, 3.63) is 76.4 Å². The highest BCUT2D eigenvalue weighted by molar-refractivity contribution is 5.87. The van der Waals surface area contributed by atoms with E-state index in [0.29, 0.717) is 5.69 Å². The van der Waals surface area contributed by atoms with Gasteiger partial charge in [0.25, 0.3) is 0 Å². The predicted octanol–water partition coefficient (Wildman–Crippen LogP) is 6.88. The highest BCUT2D eigenvalue weighted by atomic mass is 19.1. The zero-order valence-corrected chi connectivity index (χ0v) is 24.8. The number of benzene rings is 2. The van der Waals surface area contributed by atoms with E-state index in [-0.39, 0.29) is 42.4 Å². The Labute approximate surface area is 242 Å². The number of ether oxygens (including phenoxy) is 2. The Bertz CT molecular complexity index is 1410. The van der Waals surface area contributed by atoms with Gasteiger partial charge in [-0.05, 0) is 92.8 Å². The zero-order chi connectivity index (χ0) is 29.3. The number of rotatable bonds is 7. The molecule has 1 fully saturated rings. The van der Waals surface area contributed by atoms with Crippen molar-refractivity contribution in [1.82, 2.24) is 4.98 Å². The summed E-state index contributed by atoms with van der Waals surface area (Å²) in [5.74, 6) is 0.268. The summed E-state index contributed by atoms with van der Waals surface area (Å²) in [5.41, 5.74) is 7.27. The molecule has 3 heterocycles. The highest BCUT2D eigenvalue weighted by Gasteiger charge is 2.31. The molecule has 0 amide bonds. The Balaban J connectivity index is 1.57. The quantitative estimate of drug-likeness (QED) is 0.318. The molecular formula is C34H41FN2O4. The van der Waals surface area contributed by atoms with Gasteiger partial charge in [-0.1, -0.05) is 32.0 Å². The van der Waals surface area contributed by atoms with E-state index in [1.165, 1.54) is 12.1 Å². The molecule has 2 aliphatic heterocycles. The summed E-state index contributed by atoms with van der Waals surface area (Å²) in [6.45, 7) is 11.7. The molecule has 1 N–H and O–H groups in total. The lowest BCUT2D eigenvalue weighted by atomic mass is 9.82. The van der Waals surface area contributed by atoms with Gasteiger partial charge >= 0.3 is 5.97 Å². The number of hydrogen-bond acceptors (Lipinski definition) is 6. The molecule has 3 aromatic rings. The number of hydrogen-bond donors (Lipinski definition) is 1. The van der Waals surface area contributed by atoms with Crippen molar-refractivity contribution in [3.63, 3.8) is 0 Å². The number of fused-ring (bicyclic) bond motifs is 1. The van der Waals surface area contributed by atoms with E-state index >= 15 is 0 Å². The maximum absolute atomic E-state index is 13.5. The first-order chi connectivity index (χ1) is 19.5. The average molecular weight is 561 g/mol. The summed E-state index contributed by atoms with van der Waals surface area (Å²) in [4.78, 5) is 20.1. The van der Waals surface area contributed by atoms with Crippen molar-refractivity contribution in [2.24, 2.45) is 5.41 Å². The number of pyridine rings is 1. The summed E-state index contributed by atoms with van der Waals surface area (Å²) in [6.07, 6.45) is 3.43. The second-order valence-corrected chi connectivity index (χ2v) is 12.4. The van der Waals surface area contributed by atoms with Crippen LogP contribution in [0.25, 0.3) is 11.1 Å². The third kappa shape index (κ3) is 6.40. The van der Waals surface area contributed by atoms with Gasteiger partial charge in [0.2, 0.25) is 0 Å². The van der Waals surface area contributed by atoms with E-state index in [1.807, 2.05) is 32.9 Å². The molecule has 1 unspecified atom stereocenters. The number of carbonyl (C=O) groups excluding carboxylic acids is 1. The summed E-state index contributed by atoms with van der Waals surface area (Å²) in [5, 5.41) is 10.5. The Hall–Kier alpha value is -3.45. The number of esters is 1. The molecule has 7 heteroatoms. The number of halogens is 1. The first-order valence-corrected chi connectivity index (χ1v) is 14.7. The Morgan fingerprint density at radius 3 is 2.54 bits per heavy atom. The average Bonchev–Trinajstić information content (AvgIpc) is 2.93. The minimum absolute atomic E-state index is 0.123. The number of aryl methyl sites for hydroxylation is 2. The topological polar surface area (TPSA) is 71.9 Å². The van der Waals surface area contributed by atoms with E-state index in [4.69, 9.17) is 14.5 Å². The van der Waals surface area contributed by atoms with E-state index in [9.17, 15) is 14.3 Å². The molecule has 0 bridgehead atoms. The molecule has 1 atom stereocenters. The second kappa shape index (κ2) is 11.8. The Kier molecular flexibility index (Phi) is 8.37. The van der Waals surface area contributed by atoms with Gasteiger partial charge in [-0.3, -0.25) is 9.78 Å². The van der Waals surface area contributed by atoms with Gasteiger partial charge in [0.1, 0.15) is 17.7 Å². The lowest BCUT2D eigenvalue weighted by Gasteiger charge is -2.40. The molecule has 0 radical (unpaired) electrons. The van der Waals surface area contributed by atoms with Crippen LogP contribution < -0.4 is 9.64 Å². The molecule has 2 aliphatic rings. The molecule has 0 saturated carbocycles. The second-order valence-electron chi connectivity index (χ2n) is 12.4. The number of aliphatic hydroxyl groups excluding tert-OH is 1. The van der Waals surface area contributed by atoms with Gasteiger partial charge in [-0.15, -0.1) is 0 Å². The summed E-state index contributed by atoms with van der Waals surface area (Å²) < 4.78 is 25.3. The molecule has 0 spiro atoms. The monoisotopic (exact) mass is 560 g/mol. The van der Waals surface area contributed by atoms with Gasteiger partial charge in [0.15, 0.2) is 0 Å². The lowest BCUT2D eigenvalue weighted by Crippen LogP contribution is -2.38. The lowest BCUT2D eigenvalue weighted by molar-refractivity contribution is -0.146. The van der Waals surface area contributed by atoms with Gasteiger partial charge in [0.05, 0.1) is 30.5 Å². The smallest absolute Gasteiger partial charge is 0.310 e. The van der Waals surface area contributed by atoms with Crippen molar-refractivity contribution in [3.8, 4) is 16.9 Å². The largest absolute Gasteiger partial charge is 0.485 e. The molecule has 41 heavy (non-hydrogen) atoms. The van der Waals surface area contributed by atoms with Crippen LogP contribution in [0.4, 0.5) is 10.1 Å². The number of piperidine rings is 1. The fourth-order valence-electron chi connectivity index (χ4n) is 6.00. The molecule has 5 rings (SSSR count). The molecule has 2 aromatic carbocycles. The first kappa shape index (κ1) is 29.1.